The van der Waals surface area contributed by atoms with Crippen molar-refractivity contribution in [2.24, 2.45) is 0 Å². The molecule has 7 heteroatoms. The standard InChI is InChI=1S/C15H20N6O/c1-9-5-13-11(6-16-9)14-15(22)20(2)7-10(8-21(14)19-13)12-3-4-17-18-12/h3-4,9-10,16H,5-8H2,1-2H3,(H,17,18)/t9-,10-/m1/s1. The van der Waals surface area contributed by atoms with E-state index in [1.807, 2.05) is 17.8 Å². The summed E-state index contributed by atoms with van der Waals surface area (Å²) in [5.41, 5.74) is 3.93. The van der Waals surface area contributed by atoms with Gasteiger partial charge in [-0.15, -0.1) is 0 Å². The zero-order valence-electron chi connectivity index (χ0n) is 12.8. The van der Waals surface area contributed by atoms with Gasteiger partial charge in [-0.3, -0.25) is 14.6 Å². The molecule has 0 bridgehead atoms. The normalized spacial score (nSPS) is 24.8. The molecule has 0 unspecified atom stereocenters. The molecule has 0 saturated heterocycles. The molecule has 2 aliphatic rings. The number of carbonyl (C=O) groups is 1. The summed E-state index contributed by atoms with van der Waals surface area (Å²) in [6, 6.07) is 2.38. The second-order valence-electron chi connectivity index (χ2n) is 6.34. The third-order valence-electron chi connectivity index (χ3n) is 4.66. The average molecular weight is 300 g/mol. The molecule has 0 radical (unpaired) electrons. The zero-order chi connectivity index (χ0) is 15.3. The number of hydrogen-bond donors (Lipinski definition) is 2. The van der Waals surface area contributed by atoms with Crippen LogP contribution in [0, 0.1) is 0 Å². The summed E-state index contributed by atoms with van der Waals surface area (Å²) in [7, 11) is 1.86. The predicted molar refractivity (Wildman–Crippen MR) is 80.5 cm³/mol. The fourth-order valence-electron chi connectivity index (χ4n) is 3.46. The van der Waals surface area contributed by atoms with Crippen LogP contribution in [0.5, 0.6) is 0 Å². The van der Waals surface area contributed by atoms with Crippen LogP contribution in [0.2, 0.25) is 0 Å². The van der Waals surface area contributed by atoms with Crippen molar-refractivity contribution in [2.75, 3.05) is 13.6 Å². The van der Waals surface area contributed by atoms with Gasteiger partial charge in [0.15, 0.2) is 0 Å². The van der Waals surface area contributed by atoms with Crippen molar-refractivity contribution in [2.45, 2.75) is 38.4 Å². The van der Waals surface area contributed by atoms with Crippen molar-refractivity contribution in [3.8, 4) is 0 Å². The summed E-state index contributed by atoms with van der Waals surface area (Å²) >= 11 is 0. The molecule has 0 spiro atoms. The van der Waals surface area contributed by atoms with Crippen molar-refractivity contribution < 1.29 is 4.79 Å². The lowest BCUT2D eigenvalue weighted by atomic mass is 10.0. The first-order valence-electron chi connectivity index (χ1n) is 7.70. The van der Waals surface area contributed by atoms with Gasteiger partial charge in [0.25, 0.3) is 5.91 Å². The minimum absolute atomic E-state index is 0.0621. The van der Waals surface area contributed by atoms with Crippen molar-refractivity contribution >= 4 is 5.91 Å². The summed E-state index contributed by atoms with van der Waals surface area (Å²) in [6.45, 7) is 4.24. The Morgan fingerprint density at radius 1 is 1.36 bits per heavy atom. The molecule has 0 aromatic carbocycles. The monoisotopic (exact) mass is 300 g/mol. The number of carbonyl (C=O) groups excluding carboxylic acids is 1. The Bertz CT molecular complexity index is 704. The van der Waals surface area contributed by atoms with Crippen LogP contribution < -0.4 is 5.32 Å². The highest BCUT2D eigenvalue weighted by Crippen LogP contribution is 2.27. The first-order chi connectivity index (χ1) is 10.6. The van der Waals surface area contributed by atoms with Gasteiger partial charge in [-0.2, -0.15) is 10.2 Å². The van der Waals surface area contributed by atoms with Gasteiger partial charge in [-0.25, -0.2) is 0 Å². The molecule has 0 fully saturated rings. The lowest BCUT2D eigenvalue weighted by Gasteiger charge is -2.21. The highest BCUT2D eigenvalue weighted by Gasteiger charge is 2.33. The van der Waals surface area contributed by atoms with Crippen LogP contribution in [0.1, 0.15) is 40.3 Å². The minimum Gasteiger partial charge on any atom is -0.340 e. The third-order valence-corrected chi connectivity index (χ3v) is 4.66. The lowest BCUT2D eigenvalue weighted by molar-refractivity contribution is 0.0789. The van der Waals surface area contributed by atoms with E-state index in [0.29, 0.717) is 19.1 Å². The van der Waals surface area contributed by atoms with Crippen LogP contribution in [0.25, 0.3) is 0 Å². The molecule has 7 nitrogen and oxygen atoms in total. The topological polar surface area (TPSA) is 78.8 Å². The van der Waals surface area contributed by atoms with E-state index >= 15 is 0 Å². The molecule has 2 aromatic heterocycles. The SMILES string of the molecule is C[C@@H]1Cc2nn3c(c2CN1)C(=O)N(C)C[C@@H](c1ccn[nH]1)C3. The molecule has 0 aliphatic carbocycles. The summed E-state index contributed by atoms with van der Waals surface area (Å²) in [5, 5.41) is 15.2. The van der Waals surface area contributed by atoms with Gasteiger partial charge < -0.3 is 10.2 Å². The number of H-pyrrole nitrogens is 1. The molecular weight excluding hydrogens is 280 g/mol. The van der Waals surface area contributed by atoms with E-state index in [2.05, 4.69) is 22.4 Å². The summed E-state index contributed by atoms with van der Waals surface area (Å²) in [5.74, 6) is 0.247. The second kappa shape index (κ2) is 4.95. The molecule has 1 amide bonds. The Balaban J connectivity index is 1.78. The molecule has 2 aromatic rings. The largest absolute Gasteiger partial charge is 0.340 e. The molecule has 116 valence electrons. The van der Waals surface area contributed by atoms with Crippen molar-refractivity contribution in [3.05, 3.63) is 34.9 Å². The Kier molecular flexibility index (Phi) is 3.04. The molecule has 0 saturated carbocycles. The van der Waals surface area contributed by atoms with E-state index in [9.17, 15) is 4.79 Å². The van der Waals surface area contributed by atoms with Crippen molar-refractivity contribution in [1.29, 1.82) is 0 Å². The number of fused-ring (bicyclic) bond motifs is 3. The van der Waals surface area contributed by atoms with Crippen LogP contribution in [0.4, 0.5) is 0 Å². The van der Waals surface area contributed by atoms with Gasteiger partial charge >= 0.3 is 0 Å². The minimum atomic E-state index is 0.0621. The van der Waals surface area contributed by atoms with E-state index in [1.54, 1.807) is 11.1 Å². The number of amides is 1. The maximum atomic E-state index is 12.8. The van der Waals surface area contributed by atoms with Gasteiger partial charge in [0.05, 0.1) is 12.2 Å². The quantitative estimate of drug-likeness (QED) is 0.804. The van der Waals surface area contributed by atoms with Crippen LogP contribution in [0.3, 0.4) is 0 Å². The Hall–Kier alpha value is -2.15. The molecule has 2 N–H and O–H groups in total. The van der Waals surface area contributed by atoms with Crippen molar-refractivity contribution in [1.82, 2.24) is 30.2 Å². The second-order valence-corrected chi connectivity index (χ2v) is 6.34. The number of aromatic amines is 1. The Morgan fingerprint density at radius 2 is 2.23 bits per heavy atom. The van der Waals surface area contributed by atoms with Crippen LogP contribution >= 0.6 is 0 Å². The van der Waals surface area contributed by atoms with Gasteiger partial charge in [-0.05, 0) is 13.0 Å². The highest BCUT2D eigenvalue weighted by atomic mass is 16.2. The summed E-state index contributed by atoms with van der Waals surface area (Å²) in [4.78, 5) is 14.6. The molecule has 22 heavy (non-hydrogen) atoms. The first kappa shape index (κ1) is 13.5. The van der Waals surface area contributed by atoms with E-state index < -0.39 is 0 Å². The lowest BCUT2D eigenvalue weighted by Crippen LogP contribution is -2.35. The van der Waals surface area contributed by atoms with Gasteiger partial charge in [0.1, 0.15) is 5.69 Å². The molecule has 2 atom stereocenters. The zero-order valence-corrected chi connectivity index (χ0v) is 12.8. The number of rotatable bonds is 1. The van der Waals surface area contributed by atoms with E-state index in [-0.39, 0.29) is 11.8 Å². The Labute approximate surface area is 128 Å². The molecule has 4 heterocycles. The van der Waals surface area contributed by atoms with Gasteiger partial charge in [-0.1, -0.05) is 0 Å². The van der Waals surface area contributed by atoms with Crippen LogP contribution in [-0.4, -0.2) is 50.4 Å². The molecular formula is C15H20N6O. The van der Waals surface area contributed by atoms with E-state index in [4.69, 9.17) is 5.10 Å². The van der Waals surface area contributed by atoms with Gasteiger partial charge in [0, 0.05) is 56.0 Å². The highest BCUT2D eigenvalue weighted by molar-refractivity contribution is 5.94. The summed E-state index contributed by atoms with van der Waals surface area (Å²) in [6.07, 6.45) is 2.63. The average Bonchev–Trinajstić information content (AvgIpc) is 3.10. The van der Waals surface area contributed by atoms with E-state index in [1.165, 1.54) is 0 Å². The maximum absolute atomic E-state index is 12.8. The number of nitrogens with one attached hydrogen (secondary N) is 2. The molecule has 2 aliphatic heterocycles. The van der Waals surface area contributed by atoms with Crippen molar-refractivity contribution in [3.63, 3.8) is 0 Å². The fourth-order valence-corrected chi connectivity index (χ4v) is 3.46. The number of nitrogens with zero attached hydrogens (tertiary/aromatic N) is 4. The maximum Gasteiger partial charge on any atom is 0.272 e. The molecule has 4 rings (SSSR count). The Morgan fingerprint density at radius 3 is 3.00 bits per heavy atom. The number of likely N-dealkylation sites (N-methyl/N-ethyl adjacent to an activating group) is 1. The summed E-state index contributed by atoms with van der Waals surface area (Å²) < 4.78 is 1.90. The smallest absolute Gasteiger partial charge is 0.272 e. The fraction of sp³-hybridized carbons (Fsp3) is 0.533. The van der Waals surface area contributed by atoms with Gasteiger partial charge in [0.2, 0.25) is 0 Å². The first-order valence-corrected chi connectivity index (χ1v) is 7.70. The number of aromatic nitrogens is 4. The van der Waals surface area contributed by atoms with Crippen LogP contribution in [-0.2, 0) is 19.5 Å². The predicted octanol–water partition coefficient (Wildman–Crippen LogP) is 0.510. The van der Waals surface area contributed by atoms with Crippen LogP contribution in [0.15, 0.2) is 12.3 Å². The number of hydrogen-bond acceptors (Lipinski definition) is 4. The third kappa shape index (κ3) is 2.04. The van der Waals surface area contributed by atoms with E-state index in [0.717, 1.165) is 35.6 Å².